The van der Waals surface area contributed by atoms with Gasteiger partial charge in [0.25, 0.3) is 23.6 Å². The van der Waals surface area contributed by atoms with Crippen LogP contribution < -0.4 is 21.3 Å². The molecule has 6 amide bonds. The fourth-order valence-corrected chi connectivity index (χ4v) is 4.89. The molecule has 0 aromatic rings. The van der Waals surface area contributed by atoms with Gasteiger partial charge in [-0.25, -0.2) is 0 Å². The summed E-state index contributed by atoms with van der Waals surface area (Å²) in [5.74, 6) is -1.70. The molecule has 0 unspecified atom stereocenters. The van der Waals surface area contributed by atoms with E-state index in [1.165, 1.54) is 24.3 Å². The molecular formula is C24H40I2N6O6P2S8. The maximum atomic E-state index is 11.5. The van der Waals surface area contributed by atoms with Gasteiger partial charge in [-0.3, -0.25) is 49.2 Å². The van der Waals surface area contributed by atoms with Crippen molar-refractivity contribution in [3.05, 3.63) is 24.3 Å². The number of rotatable bonds is 16. The van der Waals surface area contributed by atoms with Crippen LogP contribution in [0, 0.1) is 0 Å². The highest BCUT2D eigenvalue weighted by Crippen LogP contribution is 2.51. The average Bonchev–Trinajstić information content (AvgIpc) is 4.00. The lowest BCUT2D eigenvalue weighted by atomic mass is 10.3. The first kappa shape index (κ1) is 53.6. The van der Waals surface area contributed by atoms with Crippen LogP contribution in [0.2, 0.25) is 0 Å². The van der Waals surface area contributed by atoms with Gasteiger partial charge in [0, 0.05) is 128 Å². The number of hydrogen-bond acceptors (Lipinski definition) is 16. The van der Waals surface area contributed by atoms with Crippen LogP contribution in [0.4, 0.5) is 0 Å². The van der Waals surface area contributed by atoms with Gasteiger partial charge in [-0.2, -0.15) is 0 Å². The molecule has 0 aromatic heterocycles. The minimum absolute atomic E-state index is 0. The number of hydrogen-bond donors (Lipinski definition) is 4. The molecule has 2 saturated heterocycles. The second kappa shape index (κ2) is 35.3. The van der Waals surface area contributed by atoms with Gasteiger partial charge >= 0.3 is 0 Å². The van der Waals surface area contributed by atoms with E-state index in [4.69, 9.17) is 0 Å². The lowest BCUT2D eigenvalue weighted by Crippen LogP contribution is -2.36. The Bertz CT molecular complexity index is 980. The van der Waals surface area contributed by atoms with Gasteiger partial charge in [0.2, 0.25) is 11.8 Å². The molecule has 2 fully saturated rings. The Morgan fingerprint density at radius 1 is 0.688 bits per heavy atom. The van der Waals surface area contributed by atoms with Gasteiger partial charge in [-0.05, 0) is 36.1 Å². The predicted molar refractivity (Wildman–Crippen MR) is 238 cm³/mol. The molecule has 4 rings (SSSR count). The molecule has 48 heavy (non-hydrogen) atoms. The summed E-state index contributed by atoms with van der Waals surface area (Å²) in [5.41, 5.74) is 0. The molecule has 0 bridgehead atoms. The first-order valence-corrected chi connectivity index (χ1v) is 31.1. The zero-order valence-electron chi connectivity index (χ0n) is 24.4. The quantitative estimate of drug-likeness (QED) is 0.0369. The maximum absolute atomic E-state index is 11.5. The summed E-state index contributed by atoms with van der Waals surface area (Å²) in [5, 5.41) is 11.9. The van der Waals surface area contributed by atoms with E-state index in [9.17, 15) is 28.8 Å². The third kappa shape index (κ3) is 28.8. The first-order chi connectivity index (χ1) is 22.2. The molecule has 4 heterocycles. The van der Waals surface area contributed by atoms with E-state index in [2.05, 4.69) is 94.6 Å². The van der Waals surface area contributed by atoms with Crippen molar-refractivity contribution in [1.29, 1.82) is 0 Å². The van der Waals surface area contributed by atoms with Gasteiger partial charge in [0.05, 0.1) is 0 Å². The van der Waals surface area contributed by atoms with E-state index in [-0.39, 0.29) is 76.2 Å². The molecule has 0 spiro atoms. The van der Waals surface area contributed by atoms with Crippen molar-refractivity contribution in [2.45, 2.75) is 37.1 Å². The van der Waals surface area contributed by atoms with Crippen molar-refractivity contribution in [2.75, 3.05) is 51.8 Å². The fourth-order valence-electron chi connectivity index (χ4n) is 2.88. The molecule has 0 aliphatic carbocycles. The molecule has 0 radical (unpaired) electrons. The molecular weight excluding hydrogens is 1040 g/mol. The number of carbonyl (C=O) groups excluding carboxylic acids is 6. The Kier molecular flexibility index (Phi) is 39.4. The standard InChI is InChI=1S/2C10H13N3O3S2.C2H6S2.2CH4.I2.P2S2/c2*14-7(11-4-5-12-10-17-18-10)3-6-13-8(15)1-2-9(13)16;1-3-4-2;;;1-2;3-1-2-4/h2*1-2,10,12H,3-6H2,(H,11,14);1-2H3;2*1H4;;. The van der Waals surface area contributed by atoms with Gasteiger partial charge in [-0.15, -0.1) is 0 Å². The average molecular weight is 1080 g/mol. The highest BCUT2D eigenvalue weighted by Gasteiger charge is 2.25. The molecule has 4 aliphatic rings. The Morgan fingerprint density at radius 3 is 1.21 bits per heavy atom. The molecule has 4 aliphatic heterocycles. The number of halogens is 2. The van der Waals surface area contributed by atoms with Crippen molar-refractivity contribution < 1.29 is 28.8 Å². The number of nitrogens with zero attached hydrogens (tertiary/aromatic N) is 2. The number of nitrogens with one attached hydrogen (secondary N) is 4. The van der Waals surface area contributed by atoms with Crippen LogP contribution in [0.3, 0.4) is 0 Å². The third-order valence-corrected chi connectivity index (χ3v) is 12.8. The van der Waals surface area contributed by atoms with Crippen molar-refractivity contribution in [3.8, 4) is 0 Å². The first-order valence-electron chi connectivity index (χ1n) is 12.7. The SMILES string of the molecule is C.C.CSSC.II.O=C(CCN1C(=O)C=CC1=O)NCCNC1SS1.O=C(CCN1C(=O)C=CC1=O)NCCNC1SS1.S=PP=S. The van der Waals surface area contributed by atoms with E-state index < -0.39 is 0 Å². The minimum atomic E-state index is -0.350. The van der Waals surface area contributed by atoms with Crippen LogP contribution >= 0.6 is 116 Å². The molecule has 0 aromatic carbocycles. The molecule has 0 saturated carbocycles. The highest BCUT2D eigenvalue weighted by molar-refractivity contribution is 15.0. The lowest BCUT2D eigenvalue weighted by Gasteiger charge is -2.13. The monoisotopic (exact) mass is 1080 g/mol. The number of imide groups is 2. The molecule has 0 atom stereocenters. The largest absolute Gasteiger partial charge is 0.355 e. The van der Waals surface area contributed by atoms with Gasteiger partial charge in [-0.1, -0.05) is 79.6 Å². The predicted octanol–water partition coefficient (Wildman–Crippen LogP) is 5.76. The van der Waals surface area contributed by atoms with E-state index in [0.717, 1.165) is 37.0 Å². The highest BCUT2D eigenvalue weighted by atomic mass is 128. The van der Waals surface area contributed by atoms with Crippen LogP contribution in [-0.4, -0.2) is 106 Å². The Hall–Kier alpha value is 1.22. The Labute approximate surface area is 344 Å². The topological polar surface area (TPSA) is 157 Å². The third-order valence-electron chi connectivity index (χ3n) is 5.03. The van der Waals surface area contributed by atoms with Crippen molar-refractivity contribution in [2.24, 2.45) is 0 Å². The fraction of sp³-hybridized carbons (Fsp3) is 0.583. The minimum Gasteiger partial charge on any atom is -0.355 e. The summed E-state index contributed by atoms with van der Waals surface area (Å²) in [6.45, 7) is 2.82. The Balaban J connectivity index is -0.000000641. The zero-order chi connectivity index (χ0) is 34.7. The molecule has 4 N–H and O–H groups in total. The summed E-state index contributed by atoms with van der Waals surface area (Å²) in [6.07, 6.45) is 9.28. The lowest BCUT2D eigenvalue weighted by molar-refractivity contribution is -0.139. The van der Waals surface area contributed by atoms with Crippen LogP contribution in [0.1, 0.15) is 27.7 Å². The number of carbonyl (C=O) groups is 6. The summed E-state index contributed by atoms with van der Waals surface area (Å²) >= 11 is 13.1. The van der Waals surface area contributed by atoms with Crippen LogP contribution in [0.15, 0.2) is 24.3 Å². The number of amides is 6. The molecule has 12 nitrogen and oxygen atoms in total. The summed E-state index contributed by atoms with van der Waals surface area (Å²) < 4.78 is 0.931. The smallest absolute Gasteiger partial charge is 0.253 e. The van der Waals surface area contributed by atoms with Crippen molar-refractivity contribution in [3.63, 3.8) is 0 Å². The van der Waals surface area contributed by atoms with Crippen LogP contribution in [-0.2, 0) is 52.4 Å². The van der Waals surface area contributed by atoms with Gasteiger partial charge in [0.15, 0.2) is 0 Å². The van der Waals surface area contributed by atoms with Crippen LogP contribution in [0.5, 0.6) is 0 Å². The second-order valence-corrected chi connectivity index (χ2v) is 20.5. The Morgan fingerprint density at radius 2 is 0.979 bits per heavy atom. The van der Waals surface area contributed by atoms with Gasteiger partial charge < -0.3 is 10.6 Å². The van der Waals surface area contributed by atoms with Crippen molar-refractivity contribution >= 4 is 175 Å². The normalized spacial score (nSPS) is 15.4. The second-order valence-electron chi connectivity index (χ2n) is 7.98. The van der Waals surface area contributed by atoms with Crippen molar-refractivity contribution in [1.82, 2.24) is 31.1 Å². The molecule has 24 heteroatoms. The zero-order valence-corrected chi connectivity index (χ0v) is 37.0. The van der Waals surface area contributed by atoms with Gasteiger partial charge in [0.1, 0.15) is 9.41 Å². The summed E-state index contributed by atoms with van der Waals surface area (Å²) in [4.78, 5) is 69.9. The van der Waals surface area contributed by atoms with E-state index in [1.54, 1.807) is 64.8 Å². The van der Waals surface area contributed by atoms with E-state index in [1.807, 2.05) is 0 Å². The summed E-state index contributed by atoms with van der Waals surface area (Å²) in [7, 11) is 12.3. The molecule has 274 valence electrons. The van der Waals surface area contributed by atoms with E-state index in [0.29, 0.717) is 22.5 Å². The van der Waals surface area contributed by atoms with Crippen LogP contribution in [0.25, 0.3) is 0 Å². The van der Waals surface area contributed by atoms with E-state index >= 15 is 0 Å². The summed E-state index contributed by atoms with van der Waals surface area (Å²) in [6, 6.07) is 0. The maximum Gasteiger partial charge on any atom is 0.253 e.